The average molecular weight is 385 g/mol. The van der Waals surface area contributed by atoms with Gasteiger partial charge in [0.2, 0.25) is 0 Å². The highest BCUT2D eigenvalue weighted by Crippen LogP contribution is 2.21. The number of nitrogens with one attached hydrogen (secondary N) is 3. The summed E-state index contributed by atoms with van der Waals surface area (Å²) in [6.45, 7) is 5.61. The molecule has 0 fully saturated rings. The van der Waals surface area contributed by atoms with Gasteiger partial charge in [0, 0.05) is 12.1 Å². The molecule has 0 heterocycles. The van der Waals surface area contributed by atoms with Crippen LogP contribution in [0.5, 0.6) is 0 Å². The van der Waals surface area contributed by atoms with E-state index in [-0.39, 0.29) is 18.1 Å². The second-order valence-electron chi connectivity index (χ2n) is 6.98. The zero-order chi connectivity index (χ0) is 20.7. The summed E-state index contributed by atoms with van der Waals surface area (Å²) in [6, 6.07) is 13.2. The molecule has 148 valence electrons. The van der Waals surface area contributed by atoms with Gasteiger partial charge in [0.25, 0.3) is 5.91 Å². The molecule has 0 radical (unpaired) electrons. The second-order valence-corrected chi connectivity index (χ2v) is 6.98. The Hall–Kier alpha value is -3.55. The number of rotatable bonds is 5. The Morgan fingerprint density at radius 2 is 1.50 bits per heavy atom. The molecule has 0 spiro atoms. The molecule has 0 unspecified atom stereocenters. The van der Waals surface area contributed by atoms with Crippen LogP contribution in [0.25, 0.3) is 0 Å². The van der Waals surface area contributed by atoms with Crippen molar-refractivity contribution in [3.05, 3.63) is 59.7 Å². The standard InChI is InChI=1S/C20H23N3O5/c1-20(2,3)28-19(27)21-12-13-8-10-14(11-9-13)17(24)22-15-6-4-5-7-16(15)23-18(25)26/h4-11,23H,12H2,1-3H3,(H,21,27)(H,22,24)(H,25,26). The molecule has 0 atom stereocenters. The summed E-state index contributed by atoms with van der Waals surface area (Å²) in [6.07, 6.45) is -1.74. The van der Waals surface area contributed by atoms with E-state index in [4.69, 9.17) is 9.84 Å². The lowest BCUT2D eigenvalue weighted by Crippen LogP contribution is -2.32. The first kappa shape index (κ1) is 20.8. The predicted octanol–water partition coefficient (Wildman–Crippen LogP) is 4.05. The maximum Gasteiger partial charge on any atom is 0.409 e. The van der Waals surface area contributed by atoms with Crippen molar-refractivity contribution in [1.82, 2.24) is 5.32 Å². The molecule has 0 aliphatic carbocycles. The van der Waals surface area contributed by atoms with E-state index in [1.54, 1.807) is 69.3 Å². The summed E-state index contributed by atoms with van der Waals surface area (Å²) in [5, 5.41) is 16.4. The molecular formula is C20H23N3O5. The highest BCUT2D eigenvalue weighted by atomic mass is 16.6. The van der Waals surface area contributed by atoms with Crippen molar-refractivity contribution in [2.24, 2.45) is 0 Å². The van der Waals surface area contributed by atoms with Crippen molar-refractivity contribution >= 4 is 29.5 Å². The van der Waals surface area contributed by atoms with Gasteiger partial charge in [0.1, 0.15) is 5.60 Å². The summed E-state index contributed by atoms with van der Waals surface area (Å²) in [5.41, 5.74) is 1.26. The summed E-state index contributed by atoms with van der Waals surface area (Å²) in [5.74, 6) is -0.383. The van der Waals surface area contributed by atoms with Crippen LogP contribution < -0.4 is 16.0 Å². The molecule has 0 aliphatic heterocycles. The van der Waals surface area contributed by atoms with E-state index in [1.165, 1.54) is 0 Å². The van der Waals surface area contributed by atoms with Gasteiger partial charge in [0.05, 0.1) is 11.4 Å². The Kier molecular flexibility index (Phi) is 6.59. The molecule has 8 nitrogen and oxygen atoms in total. The van der Waals surface area contributed by atoms with Crippen molar-refractivity contribution in [3.63, 3.8) is 0 Å². The number of benzene rings is 2. The monoisotopic (exact) mass is 385 g/mol. The Bertz CT molecular complexity index is 857. The molecule has 0 bridgehead atoms. The van der Waals surface area contributed by atoms with Gasteiger partial charge < -0.3 is 20.5 Å². The first-order chi connectivity index (χ1) is 13.1. The third-order valence-corrected chi connectivity index (χ3v) is 3.47. The van der Waals surface area contributed by atoms with Gasteiger partial charge in [0.15, 0.2) is 0 Å². The van der Waals surface area contributed by atoms with E-state index in [0.717, 1.165) is 5.56 Å². The normalized spacial score (nSPS) is 10.7. The molecule has 2 aromatic rings. The average Bonchev–Trinajstić information content (AvgIpc) is 2.60. The van der Waals surface area contributed by atoms with Gasteiger partial charge in [-0.15, -0.1) is 0 Å². The molecule has 2 aromatic carbocycles. The number of amides is 3. The number of para-hydroxylation sites is 2. The third-order valence-electron chi connectivity index (χ3n) is 3.47. The first-order valence-electron chi connectivity index (χ1n) is 8.60. The number of ether oxygens (including phenoxy) is 1. The lowest BCUT2D eigenvalue weighted by atomic mass is 10.1. The van der Waals surface area contributed by atoms with Crippen molar-refractivity contribution in [1.29, 1.82) is 0 Å². The van der Waals surface area contributed by atoms with Crippen LogP contribution in [0.15, 0.2) is 48.5 Å². The molecule has 0 saturated heterocycles. The third kappa shape index (κ3) is 6.64. The van der Waals surface area contributed by atoms with Crippen molar-refractivity contribution in [2.75, 3.05) is 10.6 Å². The zero-order valence-corrected chi connectivity index (χ0v) is 15.9. The molecule has 28 heavy (non-hydrogen) atoms. The highest BCUT2D eigenvalue weighted by molar-refractivity contribution is 6.06. The number of carboxylic acid groups (broad SMARTS) is 1. The Morgan fingerprint density at radius 3 is 2.04 bits per heavy atom. The maximum atomic E-state index is 12.4. The topological polar surface area (TPSA) is 117 Å². The largest absolute Gasteiger partial charge is 0.465 e. The van der Waals surface area contributed by atoms with Gasteiger partial charge in [-0.05, 0) is 50.6 Å². The SMILES string of the molecule is CC(C)(C)OC(=O)NCc1ccc(C(=O)Nc2ccccc2NC(=O)O)cc1. The van der Waals surface area contributed by atoms with Gasteiger partial charge in [-0.1, -0.05) is 24.3 Å². The van der Waals surface area contributed by atoms with Gasteiger partial charge in [-0.3, -0.25) is 10.1 Å². The summed E-state index contributed by atoms with van der Waals surface area (Å²) in [7, 11) is 0. The molecular weight excluding hydrogens is 362 g/mol. The number of carbonyl (C=O) groups is 3. The second kappa shape index (κ2) is 8.90. The van der Waals surface area contributed by atoms with Crippen molar-refractivity contribution in [3.8, 4) is 0 Å². The highest BCUT2D eigenvalue weighted by Gasteiger charge is 2.16. The Balaban J connectivity index is 1.97. The number of anilines is 2. The fourth-order valence-electron chi connectivity index (χ4n) is 2.27. The fraction of sp³-hybridized carbons (Fsp3) is 0.250. The predicted molar refractivity (Wildman–Crippen MR) is 106 cm³/mol. The van der Waals surface area contributed by atoms with Gasteiger partial charge in [-0.25, -0.2) is 9.59 Å². The molecule has 0 aromatic heterocycles. The van der Waals surface area contributed by atoms with Crippen LogP contribution in [0.4, 0.5) is 21.0 Å². The molecule has 8 heteroatoms. The molecule has 3 amide bonds. The van der Waals surface area contributed by atoms with E-state index >= 15 is 0 Å². The summed E-state index contributed by atoms with van der Waals surface area (Å²) in [4.78, 5) is 34.9. The van der Waals surface area contributed by atoms with E-state index in [9.17, 15) is 14.4 Å². The smallest absolute Gasteiger partial charge is 0.409 e. The fourth-order valence-corrected chi connectivity index (χ4v) is 2.27. The quantitative estimate of drug-likeness (QED) is 0.619. The minimum absolute atomic E-state index is 0.266. The van der Waals surface area contributed by atoms with Crippen LogP contribution in [0.3, 0.4) is 0 Å². The van der Waals surface area contributed by atoms with E-state index in [1.807, 2.05) is 0 Å². The summed E-state index contributed by atoms with van der Waals surface area (Å²) < 4.78 is 5.16. The zero-order valence-electron chi connectivity index (χ0n) is 15.9. The minimum atomic E-state index is -1.22. The maximum absolute atomic E-state index is 12.4. The van der Waals surface area contributed by atoms with Crippen LogP contribution in [0, 0.1) is 0 Å². The number of hydrogen-bond acceptors (Lipinski definition) is 4. The molecule has 4 N–H and O–H groups in total. The molecule has 2 rings (SSSR count). The Labute approximate surface area is 162 Å². The lowest BCUT2D eigenvalue weighted by Gasteiger charge is -2.19. The van der Waals surface area contributed by atoms with Crippen molar-refractivity contribution in [2.45, 2.75) is 32.9 Å². The van der Waals surface area contributed by atoms with E-state index < -0.39 is 17.8 Å². The summed E-state index contributed by atoms with van der Waals surface area (Å²) >= 11 is 0. The number of carbonyl (C=O) groups excluding carboxylic acids is 2. The molecule has 0 saturated carbocycles. The number of hydrogen-bond donors (Lipinski definition) is 4. The van der Waals surface area contributed by atoms with Crippen LogP contribution >= 0.6 is 0 Å². The van der Waals surface area contributed by atoms with E-state index in [2.05, 4.69) is 16.0 Å². The molecule has 0 aliphatic rings. The van der Waals surface area contributed by atoms with Gasteiger partial charge in [-0.2, -0.15) is 0 Å². The minimum Gasteiger partial charge on any atom is -0.465 e. The number of alkyl carbamates (subject to hydrolysis) is 1. The Morgan fingerprint density at radius 1 is 0.929 bits per heavy atom. The van der Waals surface area contributed by atoms with E-state index in [0.29, 0.717) is 11.3 Å². The van der Waals surface area contributed by atoms with Crippen molar-refractivity contribution < 1.29 is 24.2 Å². The first-order valence-corrected chi connectivity index (χ1v) is 8.60. The van der Waals surface area contributed by atoms with Crippen LogP contribution in [-0.4, -0.2) is 28.8 Å². The van der Waals surface area contributed by atoms with Crippen LogP contribution in [0.1, 0.15) is 36.7 Å². The lowest BCUT2D eigenvalue weighted by molar-refractivity contribution is 0.0523. The van der Waals surface area contributed by atoms with Gasteiger partial charge >= 0.3 is 12.2 Å². The van der Waals surface area contributed by atoms with Crippen LogP contribution in [-0.2, 0) is 11.3 Å². The van der Waals surface area contributed by atoms with Crippen LogP contribution in [0.2, 0.25) is 0 Å².